The van der Waals surface area contributed by atoms with Gasteiger partial charge in [0.2, 0.25) is 5.91 Å². The van der Waals surface area contributed by atoms with Crippen LogP contribution in [-0.4, -0.2) is 5.91 Å². The van der Waals surface area contributed by atoms with Crippen molar-refractivity contribution in [2.24, 2.45) is 0 Å². The van der Waals surface area contributed by atoms with Crippen LogP contribution in [0.15, 0.2) is 18.2 Å². The van der Waals surface area contributed by atoms with E-state index in [0.717, 1.165) is 18.4 Å². The summed E-state index contributed by atoms with van der Waals surface area (Å²) in [7, 11) is 0. The smallest absolute Gasteiger partial charge is 0.220 e. The highest BCUT2D eigenvalue weighted by Crippen LogP contribution is 2.28. The van der Waals surface area contributed by atoms with Crippen LogP contribution < -0.4 is 5.32 Å². The van der Waals surface area contributed by atoms with Crippen LogP contribution in [-0.2, 0) is 4.79 Å². The molecule has 1 aromatic carbocycles. The second-order valence-corrected chi connectivity index (χ2v) is 4.59. The number of hydrogen-bond acceptors (Lipinski definition) is 1. The standard InChI is InChI=1S/C11H11Cl2NO/c12-8-4-7(5-9(13)6-8)10-2-1-3-11(15)14-10/h4-6,10H,1-3H2,(H,14,15). The van der Waals surface area contributed by atoms with Gasteiger partial charge < -0.3 is 5.32 Å². The second-order valence-electron chi connectivity index (χ2n) is 3.72. The number of hydrogen-bond donors (Lipinski definition) is 1. The minimum atomic E-state index is 0.0578. The quantitative estimate of drug-likeness (QED) is 0.806. The van der Waals surface area contributed by atoms with Gasteiger partial charge in [-0.2, -0.15) is 0 Å². The van der Waals surface area contributed by atoms with E-state index in [1.54, 1.807) is 6.07 Å². The Hall–Kier alpha value is -0.730. The van der Waals surface area contributed by atoms with E-state index < -0.39 is 0 Å². The van der Waals surface area contributed by atoms with Gasteiger partial charge in [0.15, 0.2) is 0 Å². The molecule has 1 unspecified atom stereocenters. The molecule has 1 amide bonds. The SMILES string of the molecule is O=C1CCCC(c2cc(Cl)cc(Cl)c2)N1. The predicted molar refractivity (Wildman–Crippen MR) is 61.2 cm³/mol. The summed E-state index contributed by atoms with van der Waals surface area (Å²) >= 11 is 11.8. The van der Waals surface area contributed by atoms with Crippen molar-refractivity contribution < 1.29 is 4.79 Å². The van der Waals surface area contributed by atoms with Crippen LogP contribution in [0.1, 0.15) is 30.9 Å². The third-order valence-corrected chi connectivity index (χ3v) is 2.96. The molecule has 2 nitrogen and oxygen atoms in total. The summed E-state index contributed by atoms with van der Waals surface area (Å²) in [4.78, 5) is 11.2. The topological polar surface area (TPSA) is 29.1 Å². The average molecular weight is 244 g/mol. The Labute approximate surface area is 98.6 Å². The maximum atomic E-state index is 11.2. The molecule has 1 saturated heterocycles. The summed E-state index contributed by atoms with van der Waals surface area (Å²) in [5, 5.41) is 4.15. The van der Waals surface area contributed by atoms with Gasteiger partial charge >= 0.3 is 0 Å². The summed E-state index contributed by atoms with van der Waals surface area (Å²) in [6, 6.07) is 5.45. The van der Waals surface area contributed by atoms with Gasteiger partial charge in [-0.25, -0.2) is 0 Å². The van der Waals surface area contributed by atoms with Gasteiger partial charge in [0.25, 0.3) is 0 Å². The van der Waals surface area contributed by atoms with Crippen LogP contribution in [0.3, 0.4) is 0 Å². The maximum Gasteiger partial charge on any atom is 0.220 e. The van der Waals surface area contributed by atoms with Crippen molar-refractivity contribution in [3.05, 3.63) is 33.8 Å². The molecule has 0 bridgehead atoms. The normalized spacial score (nSPS) is 21.2. The number of nitrogens with one attached hydrogen (secondary N) is 1. The highest BCUT2D eigenvalue weighted by molar-refractivity contribution is 6.34. The third-order valence-electron chi connectivity index (χ3n) is 2.52. The molecule has 1 N–H and O–H groups in total. The Morgan fingerprint density at radius 1 is 1.20 bits per heavy atom. The number of rotatable bonds is 1. The highest BCUT2D eigenvalue weighted by atomic mass is 35.5. The molecule has 80 valence electrons. The summed E-state index contributed by atoms with van der Waals surface area (Å²) in [6.07, 6.45) is 2.48. The fourth-order valence-corrected chi connectivity index (χ4v) is 2.37. The van der Waals surface area contributed by atoms with Crippen molar-refractivity contribution >= 4 is 29.1 Å². The molecular formula is C11H11Cl2NO. The number of carbonyl (C=O) groups excluding carboxylic acids is 1. The summed E-state index contributed by atoms with van der Waals surface area (Å²) in [6.45, 7) is 0. The maximum absolute atomic E-state index is 11.2. The molecule has 0 radical (unpaired) electrons. The first kappa shape index (κ1) is 10.8. The fraction of sp³-hybridized carbons (Fsp3) is 0.364. The van der Waals surface area contributed by atoms with Gasteiger partial charge in [-0.1, -0.05) is 23.2 Å². The Kier molecular flexibility index (Phi) is 3.17. The van der Waals surface area contributed by atoms with Gasteiger partial charge in [0.05, 0.1) is 6.04 Å². The number of amides is 1. The lowest BCUT2D eigenvalue weighted by molar-refractivity contribution is -0.123. The summed E-state index contributed by atoms with van der Waals surface area (Å²) in [5.41, 5.74) is 0.987. The van der Waals surface area contributed by atoms with Crippen LogP contribution in [0.25, 0.3) is 0 Å². The van der Waals surface area contributed by atoms with Gasteiger partial charge in [-0.05, 0) is 36.6 Å². The zero-order valence-corrected chi connectivity index (χ0v) is 9.61. The zero-order chi connectivity index (χ0) is 10.8. The molecule has 1 aliphatic heterocycles. The minimum absolute atomic E-state index is 0.0578. The first-order valence-electron chi connectivity index (χ1n) is 4.90. The second kappa shape index (κ2) is 4.42. The number of halogens is 2. The summed E-state index contributed by atoms with van der Waals surface area (Å²) < 4.78 is 0. The van der Waals surface area contributed by atoms with Crippen molar-refractivity contribution in [2.45, 2.75) is 25.3 Å². The predicted octanol–water partition coefficient (Wildman–Crippen LogP) is 3.33. The van der Waals surface area contributed by atoms with Crippen LogP contribution in [0, 0.1) is 0 Å². The Balaban J connectivity index is 2.24. The van der Waals surface area contributed by atoms with Gasteiger partial charge in [0.1, 0.15) is 0 Å². The Morgan fingerprint density at radius 3 is 2.47 bits per heavy atom. The Bertz CT molecular complexity index is 372. The van der Waals surface area contributed by atoms with E-state index in [1.165, 1.54) is 0 Å². The average Bonchev–Trinajstić information content (AvgIpc) is 2.16. The molecule has 1 atom stereocenters. The minimum Gasteiger partial charge on any atom is -0.349 e. The van der Waals surface area contributed by atoms with E-state index >= 15 is 0 Å². The van der Waals surface area contributed by atoms with Crippen molar-refractivity contribution in [1.29, 1.82) is 0 Å². The van der Waals surface area contributed by atoms with Crippen molar-refractivity contribution in [3.63, 3.8) is 0 Å². The van der Waals surface area contributed by atoms with Gasteiger partial charge in [0, 0.05) is 16.5 Å². The molecule has 0 spiro atoms. The number of carbonyl (C=O) groups is 1. The van der Waals surface area contributed by atoms with Crippen molar-refractivity contribution in [2.75, 3.05) is 0 Å². The van der Waals surface area contributed by atoms with Crippen molar-refractivity contribution in [3.8, 4) is 0 Å². The number of benzene rings is 1. The molecule has 2 rings (SSSR count). The summed E-state index contributed by atoms with van der Waals surface area (Å²) in [5.74, 6) is 0.0994. The van der Waals surface area contributed by atoms with Crippen LogP contribution in [0.2, 0.25) is 10.0 Å². The first-order chi connectivity index (χ1) is 7.15. The molecule has 1 aromatic rings. The first-order valence-corrected chi connectivity index (χ1v) is 5.66. The molecule has 0 aliphatic carbocycles. The molecule has 4 heteroatoms. The number of piperidine rings is 1. The highest BCUT2D eigenvalue weighted by Gasteiger charge is 2.20. The molecule has 1 heterocycles. The molecule has 1 fully saturated rings. The Morgan fingerprint density at radius 2 is 1.87 bits per heavy atom. The fourth-order valence-electron chi connectivity index (χ4n) is 1.83. The lowest BCUT2D eigenvalue weighted by Crippen LogP contribution is -2.32. The van der Waals surface area contributed by atoms with E-state index in [4.69, 9.17) is 23.2 Å². The van der Waals surface area contributed by atoms with Crippen molar-refractivity contribution in [1.82, 2.24) is 5.32 Å². The van der Waals surface area contributed by atoms with Crippen LogP contribution >= 0.6 is 23.2 Å². The van der Waals surface area contributed by atoms with E-state index in [0.29, 0.717) is 16.5 Å². The molecule has 15 heavy (non-hydrogen) atoms. The van der Waals surface area contributed by atoms with Gasteiger partial charge in [-0.3, -0.25) is 4.79 Å². The van der Waals surface area contributed by atoms with Crippen LogP contribution in [0.5, 0.6) is 0 Å². The molecule has 0 saturated carbocycles. The lowest BCUT2D eigenvalue weighted by atomic mass is 9.97. The monoisotopic (exact) mass is 243 g/mol. The lowest BCUT2D eigenvalue weighted by Gasteiger charge is -2.23. The molecule has 1 aliphatic rings. The van der Waals surface area contributed by atoms with E-state index in [9.17, 15) is 4.79 Å². The zero-order valence-electron chi connectivity index (χ0n) is 8.09. The van der Waals surface area contributed by atoms with E-state index in [1.807, 2.05) is 12.1 Å². The van der Waals surface area contributed by atoms with E-state index in [-0.39, 0.29) is 11.9 Å². The largest absolute Gasteiger partial charge is 0.349 e. The van der Waals surface area contributed by atoms with Gasteiger partial charge in [-0.15, -0.1) is 0 Å². The third kappa shape index (κ3) is 2.64. The van der Waals surface area contributed by atoms with E-state index in [2.05, 4.69) is 5.32 Å². The van der Waals surface area contributed by atoms with Crippen LogP contribution in [0.4, 0.5) is 0 Å². The molecular weight excluding hydrogens is 233 g/mol. The molecule has 0 aromatic heterocycles.